The summed E-state index contributed by atoms with van der Waals surface area (Å²) in [7, 11) is 0. The Labute approximate surface area is 200 Å². The number of aryl methyl sites for hydroxylation is 1. The molecule has 1 aliphatic heterocycles. The van der Waals surface area contributed by atoms with E-state index in [1.807, 2.05) is 0 Å². The van der Waals surface area contributed by atoms with Crippen LogP contribution in [-0.4, -0.2) is 35.0 Å². The molecule has 1 amide bonds. The van der Waals surface area contributed by atoms with Crippen molar-refractivity contribution in [3.8, 4) is 5.75 Å². The second kappa shape index (κ2) is 10.3. The first-order chi connectivity index (χ1) is 15.4. The van der Waals surface area contributed by atoms with Crippen molar-refractivity contribution < 1.29 is 9.90 Å². The molecule has 3 rings (SSSR count). The molecule has 2 N–H and O–H groups in total. The Morgan fingerprint density at radius 1 is 0.939 bits per heavy atom. The van der Waals surface area contributed by atoms with Gasteiger partial charge < -0.3 is 10.4 Å². The maximum absolute atomic E-state index is 12.7. The lowest BCUT2D eigenvalue weighted by molar-refractivity contribution is -0.122. The number of phenolic OH excluding ortho intramolecular Hbond substituents is 1. The van der Waals surface area contributed by atoms with E-state index in [-0.39, 0.29) is 22.8 Å². The van der Waals surface area contributed by atoms with Gasteiger partial charge >= 0.3 is 0 Å². The number of nitrogens with zero attached hydrogens (tertiary/aromatic N) is 1. The van der Waals surface area contributed by atoms with Crippen LogP contribution in [0.4, 0.5) is 0 Å². The third kappa shape index (κ3) is 7.07. The van der Waals surface area contributed by atoms with Crippen molar-refractivity contribution in [2.45, 2.75) is 90.6 Å². The number of piperidine rings is 1. The van der Waals surface area contributed by atoms with E-state index in [4.69, 9.17) is 0 Å². The summed E-state index contributed by atoms with van der Waals surface area (Å²) in [5, 5.41) is 14.2. The minimum Gasteiger partial charge on any atom is -0.507 e. The zero-order chi connectivity index (χ0) is 24.2. The van der Waals surface area contributed by atoms with Gasteiger partial charge in [-0.05, 0) is 52.3 Å². The van der Waals surface area contributed by atoms with Gasteiger partial charge in [0.15, 0.2) is 0 Å². The molecule has 33 heavy (non-hydrogen) atoms. The lowest BCUT2D eigenvalue weighted by Crippen LogP contribution is -2.44. The molecule has 2 aromatic rings. The topological polar surface area (TPSA) is 52.6 Å². The predicted molar refractivity (Wildman–Crippen MR) is 137 cm³/mol. The van der Waals surface area contributed by atoms with Gasteiger partial charge in [-0.1, -0.05) is 84.0 Å². The van der Waals surface area contributed by atoms with Crippen LogP contribution in [0.5, 0.6) is 5.75 Å². The van der Waals surface area contributed by atoms with E-state index in [0.29, 0.717) is 18.6 Å². The molecule has 0 atom stereocenters. The monoisotopic (exact) mass is 450 g/mol. The zero-order valence-electron chi connectivity index (χ0n) is 21.4. The molecule has 4 heteroatoms. The van der Waals surface area contributed by atoms with Crippen LogP contribution in [0.1, 0.15) is 83.1 Å². The molecular formula is C29H42N2O2. The SMILES string of the molecule is CC(C)(C)c1cc(CCC(=O)NC2CCN(Cc3ccccc3)CC2)cc(C(C)(C)C)c1O. The minimum atomic E-state index is -0.157. The van der Waals surface area contributed by atoms with Crippen molar-refractivity contribution in [2.24, 2.45) is 0 Å². The van der Waals surface area contributed by atoms with Gasteiger partial charge in [-0.3, -0.25) is 9.69 Å². The van der Waals surface area contributed by atoms with E-state index in [9.17, 15) is 9.90 Å². The molecule has 1 saturated heterocycles. The fraction of sp³-hybridized carbons (Fsp3) is 0.552. The van der Waals surface area contributed by atoms with Crippen LogP contribution < -0.4 is 5.32 Å². The van der Waals surface area contributed by atoms with E-state index >= 15 is 0 Å². The van der Waals surface area contributed by atoms with Crippen LogP contribution in [-0.2, 0) is 28.6 Å². The van der Waals surface area contributed by atoms with Crippen molar-refractivity contribution in [2.75, 3.05) is 13.1 Å². The average molecular weight is 451 g/mol. The van der Waals surface area contributed by atoms with E-state index < -0.39 is 0 Å². The van der Waals surface area contributed by atoms with Crippen molar-refractivity contribution in [3.63, 3.8) is 0 Å². The molecule has 0 aromatic heterocycles. The third-order valence-electron chi connectivity index (χ3n) is 6.63. The molecule has 4 nitrogen and oxygen atoms in total. The first-order valence-electron chi connectivity index (χ1n) is 12.4. The maximum Gasteiger partial charge on any atom is 0.220 e. The van der Waals surface area contributed by atoms with E-state index in [2.05, 4.69) is 94.2 Å². The number of carbonyl (C=O) groups excluding carboxylic acids is 1. The molecule has 0 bridgehead atoms. The number of amides is 1. The summed E-state index contributed by atoms with van der Waals surface area (Å²) >= 11 is 0. The number of benzene rings is 2. The summed E-state index contributed by atoms with van der Waals surface area (Å²) < 4.78 is 0. The largest absolute Gasteiger partial charge is 0.507 e. The fourth-order valence-corrected chi connectivity index (χ4v) is 4.62. The maximum atomic E-state index is 12.7. The van der Waals surface area contributed by atoms with Crippen LogP contribution in [0.2, 0.25) is 0 Å². The summed E-state index contributed by atoms with van der Waals surface area (Å²) in [6.07, 6.45) is 3.16. The minimum absolute atomic E-state index is 0.124. The van der Waals surface area contributed by atoms with Gasteiger partial charge in [-0.25, -0.2) is 0 Å². The molecule has 180 valence electrons. The highest BCUT2D eigenvalue weighted by Gasteiger charge is 2.27. The number of phenols is 1. The van der Waals surface area contributed by atoms with Gasteiger partial charge in [0.1, 0.15) is 5.75 Å². The Bertz CT molecular complexity index is 895. The van der Waals surface area contributed by atoms with E-state index in [1.165, 1.54) is 5.56 Å². The standard InChI is InChI=1S/C29H42N2O2/c1-28(2,3)24-18-22(19-25(27(24)33)29(4,5)6)12-13-26(32)30-23-14-16-31(17-15-23)20-21-10-8-7-9-11-21/h7-11,18-19,23,33H,12-17,20H2,1-6H3,(H,30,32). The predicted octanol–water partition coefficient (Wildman–Crippen LogP) is 5.70. The number of likely N-dealkylation sites (tertiary alicyclic amines) is 1. The highest BCUT2D eigenvalue weighted by atomic mass is 16.3. The Balaban J connectivity index is 1.55. The molecule has 0 aliphatic carbocycles. The van der Waals surface area contributed by atoms with Crippen molar-refractivity contribution in [3.05, 3.63) is 64.7 Å². The highest BCUT2D eigenvalue weighted by Crippen LogP contribution is 2.40. The molecule has 0 radical (unpaired) electrons. The summed E-state index contributed by atoms with van der Waals surface area (Å²) in [5.41, 5.74) is 4.06. The van der Waals surface area contributed by atoms with Gasteiger partial charge in [-0.15, -0.1) is 0 Å². The molecule has 0 spiro atoms. The smallest absolute Gasteiger partial charge is 0.220 e. The van der Waals surface area contributed by atoms with Gasteiger partial charge in [-0.2, -0.15) is 0 Å². The van der Waals surface area contributed by atoms with Crippen molar-refractivity contribution in [1.29, 1.82) is 0 Å². The number of carbonyl (C=O) groups is 1. The number of hydrogen-bond donors (Lipinski definition) is 2. The number of aromatic hydroxyl groups is 1. The number of hydrogen-bond acceptors (Lipinski definition) is 3. The van der Waals surface area contributed by atoms with Crippen LogP contribution >= 0.6 is 0 Å². The Hall–Kier alpha value is -2.33. The quantitative estimate of drug-likeness (QED) is 0.593. The molecule has 1 aliphatic rings. The summed E-state index contributed by atoms with van der Waals surface area (Å²) in [4.78, 5) is 15.2. The van der Waals surface area contributed by atoms with Crippen LogP contribution in [0.15, 0.2) is 42.5 Å². The van der Waals surface area contributed by atoms with Gasteiger partial charge in [0.25, 0.3) is 0 Å². The second-order valence-electron chi connectivity index (χ2n) is 11.6. The number of rotatable bonds is 6. The van der Waals surface area contributed by atoms with E-state index in [1.54, 1.807) is 0 Å². The molecule has 0 saturated carbocycles. The Morgan fingerprint density at radius 2 is 1.48 bits per heavy atom. The highest BCUT2D eigenvalue weighted by molar-refractivity contribution is 5.76. The summed E-state index contributed by atoms with van der Waals surface area (Å²) in [6, 6.07) is 15.0. The molecular weight excluding hydrogens is 408 g/mol. The van der Waals surface area contributed by atoms with Crippen LogP contribution in [0, 0.1) is 0 Å². The van der Waals surface area contributed by atoms with Crippen molar-refractivity contribution in [1.82, 2.24) is 10.2 Å². The van der Waals surface area contributed by atoms with Gasteiger partial charge in [0, 0.05) is 32.1 Å². The lowest BCUT2D eigenvalue weighted by atomic mass is 9.78. The molecule has 0 unspecified atom stereocenters. The fourth-order valence-electron chi connectivity index (χ4n) is 4.62. The first kappa shape index (κ1) is 25.3. The summed E-state index contributed by atoms with van der Waals surface area (Å²) in [5.74, 6) is 0.518. The van der Waals surface area contributed by atoms with Crippen LogP contribution in [0.3, 0.4) is 0 Å². The normalized spacial score (nSPS) is 16.1. The van der Waals surface area contributed by atoms with Gasteiger partial charge in [0.2, 0.25) is 5.91 Å². The Morgan fingerprint density at radius 3 is 2.00 bits per heavy atom. The number of nitrogens with one attached hydrogen (secondary N) is 1. The Kier molecular flexibility index (Phi) is 7.89. The van der Waals surface area contributed by atoms with Crippen LogP contribution in [0.25, 0.3) is 0 Å². The second-order valence-corrected chi connectivity index (χ2v) is 11.6. The zero-order valence-corrected chi connectivity index (χ0v) is 21.4. The average Bonchev–Trinajstić information content (AvgIpc) is 2.73. The first-order valence-corrected chi connectivity index (χ1v) is 12.4. The van der Waals surface area contributed by atoms with Gasteiger partial charge in [0.05, 0.1) is 0 Å². The van der Waals surface area contributed by atoms with E-state index in [0.717, 1.165) is 49.2 Å². The van der Waals surface area contributed by atoms with Crippen molar-refractivity contribution >= 4 is 5.91 Å². The third-order valence-corrected chi connectivity index (χ3v) is 6.63. The lowest BCUT2D eigenvalue weighted by Gasteiger charge is -2.32. The summed E-state index contributed by atoms with van der Waals surface area (Å²) in [6.45, 7) is 15.7. The molecule has 1 heterocycles. The molecule has 1 fully saturated rings. The molecule has 2 aromatic carbocycles.